The zero-order chi connectivity index (χ0) is 12.8. The van der Waals surface area contributed by atoms with Crippen molar-refractivity contribution in [3.63, 3.8) is 0 Å². The quantitative estimate of drug-likeness (QED) is 0.846. The summed E-state index contributed by atoms with van der Waals surface area (Å²) in [5.74, 6) is 0.177. The highest BCUT2D eigenvalue weighted by molar-refractivity contribution is 7.10. The van der Waals surface area contributed by atoms with Crippen LogP contribution in [0.1, 0.15) is 37.3 Å². The normalized spacial score (nSPS) is 12.5. The van der Waals surface area contributed by atoms with Crippen LogP contribution in [0.5, 0.6) is 0 Å². The van der Waals surface area contributed by atoms with Crippen LogP contribution in [0, 0.1) is 6.92 Å². The van der Waals surface area contributed by atoms with E-state index in [1.54, 1.807) is 11.3 Å². The fourth-order valence-electron chi connectivity index (χ4n) is 1.85. The minimum atomic E-state index is 0.177. The maximum atomic E-state index is 11.8. The van der Waals surface area contributed by atoms with Crippen molar-refractivity contribution in [3.8, 4) is 0 Å². The predicted octanol–water partition coefficient (Wildman–Crippen LogP) is 2.58. The number of likely N-dealkylation sites (N-methyl/N-ethyl adjacent to an activating group) is 1. The maximum Gasteiger partial charge on any atom is 0.236 e. The first-order valence-electron chi connectivity index (χ1n) is 6.15. The van der Waals surface area contributed by atoms with Crippen LogP contribution in [0.3, 0.4) is 0 Å². The summed E-state index contributed by atoms with van der Waals surface area (Å²) in [7, 11) is 0. The highest BCUT2D eigenvalue weighted by atomic mass is 32.1. The molecule has 3 nitrogen and oxygen atoms in total. The summed E-state index contributed by atoms with van der Waals surface area (Å²) >= 11 is 1.74. The van der Waals surface area contributed by atoms with Gasteiger partial charge in [0.2, 0.25) is 5.91 Å². The minimum absolute atomic E-state index is 0.177. The Hall–Kier alpha value is -0.870. The van der Waals surface area contributed by atoms with Gasteiger partial charge >= 0.3 is 0 Å². The van der Waals surface area contributed by atoms with Crippen LogP contribution in [0.4, 0.5) is 0 Å². The lowest BCUT2D eigenvalue weighted by molar-refractivity contribution is -0.129. The number of thiophene rings is 1. The highest BCUT2D eigenvalue weighted by Gasteiger charge is 2.13. The molecule has 96 valence electrons. The van der Waals surface area contributed by atoms with Gasteiger partial charge in [0.15, 0.2) is 0 Å². The lowest BCUT2D eigenvalue weighted by Gasteiger charge is -2.20. The molecule has 1 N–H and O–H groups in total. The van der Waals surface area contributed by atoms with Crippen LogP contribution in [0.15, 0.2) is 11.4 Å². The van der Waals surface area contributed by atoms with Crippen molar-refractivity contribution >= 4 is 17.2 Å². The van der Waals surface area contributed by atoms with Crippen LogP contribution in [-0.2, 0) is 4.79 Å². The third kappa shape index (κ3) is 3.82. The molecule has 0 saturated heterocycles. The van der Waals surface area contributed by atoms with Crippen molar-refractivity contribution in [2.45, 2.75) is 33.7 Å². The third-order valence-electron chi connectivity index (χ3n) is 2.97. The molecule has 0 aliphatic rings. The molecule has 0 saturated carbocycles. The molecule has 1 amide bonds. The van der Waals surface area contributed by atoms with Crippen LogP contribution >= 0.6 is 11.3 Å². The Bertz CT molecular complexity index is 358. The van der Waals surface area contributed by atoms with E-state index in [0.717, 1.165) is 13.1 Å². The number of carbonyl (C=O) groups is 1. The molecular weight excluding hydrogens is 232 g/mol. The van der Waals surface area contributed by atoms with E-state index in [-0.39, 0.29) is 11.9 Å². The molecule has 0 spiro atoms. The molecule has 1 aromatic rings. The summed E-state index contributed by atoms with van der Waals surface area (Å²) in [6, 6.07) is 2.36. The monoisotopic (exact) mass is 254 g/mol. The van der Waals surface area contributed by atoms with Gasteiger partial charge in [-0.3, -0.25) is 4.79 Å². The Labute approximate surface area is 108 Å². The van der Waals surface area contributed by atoms with Gasteiger partial charge in [-0.1, -0.05) is 0 Å². The zero-order valence-corrected chi connectivity index (χ0v) is 11.9. The van der Waals surface area contributed by atoms with Crippen molar-refractivity contribution in [3.05, 3.63) is 21.9 Å². The molecule has 1 heterocycles. The molecule has 1 aromatic heterocycles. The molecule has 0 bridgehead atoms. The molecular formula is C13H22N2OS. The molecule has 1 rings (SSSR count). The second-order valence-electron chi connectivity index (χ2n) is 4.14. The second kappa shape index (κ2) is 6.77. The second-order valence-corrected chi connectivity index (χ2v) is 5.08. The van der Waals surface area contributed by atoms with Crippen LogP contribution in [0.2, 0.25) is 0 Å². The summed E-state index contributed by atoms with van der Waals surface area (Å²) in [5.41, 5.74) is 1.30. The predicted molar refractivity (Wildman–Crippen MR) is 73.4 cm³/mol. The summed E-state index contributed by atoms with van der Waals surface area (Å²) in [5, 5.41) is 5.39. The number of rotatable bonds is 6. The van der Waals surface area contributed by atoms with E-state index in [2.05, 4.69) is 30.6 Å². The lowest BCUT2D eigenvalue weighted by atomic mass is 10.2. The first-order chi connectivity index (χ1) is 8.10. The van der Waals surface area contributed by atoms with E-state index in [1.807, 2.05) is 18.7 Å². The summed E-state index contributed by atoms with van der Waals surface area (Å²) in [6.45, 7) is 10.2. The first kappa shape index (κ1) is 14.2. The SMILES string of the molecule is CCN(CC)C(=O)CNC(C)c1sccc1C. The van der Waals surface area contributed by atoms with E-state index < -0.39 is 0 Å². The molecule has 0 fully saturated rings. The van der Waals surface area contributed by atoms with Crippen molar-refractivity contribution in [2.24, 2.45) is 0 Å². The molecule has 0 aliphatic heterocycles. The first-order valence-corrected chi connectivity index (χ1v) is 7.03. The number of nitrogens with one attached hydrogen (secondary N) is 1. The summed E-state index contributed by atoms with van der Waals surface area (Å²) in [4.78, 5) is 15.0. The topological polar surface area (TPSA) is 32.3 Å². The van der Waals surface area contributed by atoms with E-state index in [0.29, 0.717) is 6.54 Å². The average molecular weight is 254 g/mol. The molecule has 1 unspecified atom stereocenters. The summed E-state index contributed by atoms with van der Waals surface area (Å²) in [6.07, 6.45) is 0. The minimum Gasteiger partial charge on any atom is -0.342 e. The Morgan fingerprint density at radius 2 is 2.12 bits per heavy atom. The molecule has 17 heavy (non-hydrogen) atoms. The number of hydrogen-bond donors (Lipinski definition) is 1. The zero-order valence-electron chi connectivity index (χ0n) is 11.1. The third-order valence-corrected chi connectivity index (χ3v) is 4.17. The van der Waals surface area contributed by atoms with E-state index in [4.69, 9.17) is 0 Å². The standard InChI is InChI=1S/C13H22N2OS/c1-5-15(6-2)12(16)9-14-11(4)13-10(3)7-8-17-13/h7-8,11,14H,5-6,9H2,1-4H3. The molecule has 1 atom stereocenters. The Morgan fingerprint density at radius 3 is 2.59 bits per heavy atom. The number of carbonyl (C=O) groups excluding carboxylic acids is 1. The molecule has 0 radical (unpaired) electrons. The smallest absolute Gasteiger partial charge is 0.236 e. The van der Waals surface area contributed by atoms with Gasteiger partial charge in [0.05, 0.1) is 6.54 Å². The fourth-order valence-corrected chi connectivity index (χ4v) is 2.81. The van der Waals surface area contributed by atoms with Gasteiger partial charge in [0.25, 0.3) is 0 Å². The number of nitrogens with zero attached hydrogens (tertiary/aromatic N) is 1. The maximum absolute atomic E-state index is 11.8. The Balaban J connectivity index is 2.46. The van der Waals surface area contributed by atoms with Gasteiger partial charge in [0, 0.05) is 24.0 Å². The van der Waals surface area contributed by atoms with Gasteiger partial charge in [-0.05, 0) is 44.7 Å². The van der Waals surface area contributed by atoms with Crippen molar-refractivity contribution in [2.75, 3.05) is 19.6 Å². The van der Waals surface area contributed by atoms with Gasteiger partial charge in [-0.25, -0.2) is 0 Å². The van der Waals surface area contributed by atoms with Crippen LogP contribution < -0.4 is 5.32 Å². The van der Waals surface area contributed by atoms with Crippen LogP contribution in [0.25, 0.3) is 0 Å². The largest absolute Gasteiger partial charge is 0.342 e. The van der Waals surface area contributed by atoms with Crippen molar-refractivity contribution in [1.29, 1.82) is 0 Å². The lowest BCUT2D eigenvalue weighted by Crippen LogP contribution is -2.38. The Kier molecular flexibility index (Phi) is 5.65. The molecule has 0 aromatic carbocycles. The number of amides is 1. The van der Waals surface area contributed by atoms with Gasteiger partial charge in [0.1, 0.15) is 0 Å². The highest BCUT2D eigenvalue weighted by Crippen LogP contribution is 2.23. The molecule has 0 aliphatic carbocycles. The fraction of sp³-hybridized carbons (Fsp3) is 0.615. The van der Waals surface area contributed by atoms with E-state index in [9.17, 15) is 4.79 Å². The van der Waals surface area contributed by atoms with Crippen LogP contribution in [-0.4, -0.2) is 30.4 Å². The van der Waals surface area contributed by atoms with E-state index in [1.165, 1.54) is 10.4 Å². The summed E-state index contributed by atoms with van der Waals surface area (Å²) < 4.78 is 0. The van der Waals surface area contributed by atoms with E-state index >= 15 is 0 Å². The average Bonchev–Trinajstić information content (AvgIpc) is 2.74. The van der Waals surface area contributed by atoms with Crippen molar-refractivity contribution < 1.29 is 4.79 Å². The molecule has 4 heteroatoms. The van der Waals surface area contributed by atoms with Gasteiger partial charge in [-0.2, -0.15) is 0 Å². The Morgan fingerprint density at radius 1 is 1.47 bits per heavy atom. The number of aryl methyl sites for hydroxylation is 1. The van der Waals surface area contributed by atoms with Gasteiger partial charge in [-0.15, -0.1) is 11.3 Å². The number of hydrogen-bond acceptors (Lipinski definition) is 3. The van der Waals surface area contributed by atoms with Gasteiger partial charge < -0.3 is 10.2 Å². The van der Waals surface area contributed by atoms with Crippen molar-refractivity contribution in [1.82, 2.24) is 10.2 Å².